The van der Waals surface area contributed by atoms with E-state index in [0.717, 1.165) is 70.6 Å². The van der Waals surface area contributed by atoms with Crippen LogP contribution < -0.4 is 5.32 Å². The van der Waals surface area contributed by atoms with Gasteiger partial charge in [-0.05, 0) is 51.4 Å². The maximum absolute atomic E-state index is 13.0. The predicted molar refractivity (Wildman–Crippen MR) is 277 cm³/mol. The van der Waals surface area contributed by atoms with Gasteiger partial charge in [0.25, 0.3) is 0 Å². The number of allylic oxidation sites excluding steroid dienone is 8. The molecule has 0 aromatic rings. The first kappa shape index (κ1) is 64.1. The van der Waals surface area contributed by atoms with Crippen molar-refractivity contribution >= 4 is 5.91 Å². The average molecular weight is 996 g/mol. The summed E-state index contributed by atoms with van der Waals surface area (Å²) in [4.78, 5) is 13.0. The highest BCUT2D eigenvalue weighted by molar-refractivity contribution is 5.76. The summed E-state index contributed by atoms with van der Waals surface area (Å²) >= 11 is 0. The molecule has 2 heterocycles. The van der Waals surface area contributed by atoms with Crippen LogP contribution in [0.1, 0.15) is 206 Å². The molecule has 12 atom stereocenters. The van der Waals surface area contributed by atoms with E-state index in [1.165, 1.54) is 109 Å². The third kappa shape index (κ3) is 28.4. The van der Waals surface area contributed by atoms with Crippen LogP contribution in [0.5, 0.6) is 0 Å². The van der Waals surface area contributed by atoms with Gasteiger partial charge in [-0.25, -0.2) is 0 Å². The molecule has 2 fully saturated rings. The molecular formula is C56H101NO13. The van der Waals surface area contributed by atoms with Crippen molar-refractivity contribution in [3.05, 3.63) is 48.6 Å². The molecule has 0 aliphatic carbocycles. The molecule has 70 heavy (non-hydrogen) atoms. The number of ether oxygens (including phenoxy) is 4. The van der Waals surface area contributed by atoms with E-state index in [-0.39, 0.29) is 12.5 Å². The first-order valence-electron chi connectivity index (χ1n) is 27.9. The second-order valence-corrected chi connectivity index (χ2v) is 19.7. The number of hydrogen-bond acceptors (Lipinski definition) is 13. The first-order valence-corrected chi connectivity index (χ1v) is 27.9. The Kier molecular flexibility index (Phi) is 38.7. The lowest BCUT2D eigenvalue weighted by Crippen LogP contribution is -2.65. The molecule has 1 amide bonds. The van der Waals surface area contributed by atoms with Gasteiger partial charge < -0.3 is 65.1 Å². The number of rotatable bonds is 43. The molecule has 12 unspecified atom stereocenters. The molecule has 14 nitrogen and oxygen atoms in total. The van der Waals surface area contributed by atoms with Crippen molar-refractivity contribution in [3.63, 3.8) is 0 Å². The lowest BCUT2D eigenvalue weighted by molar-refractivity contribution is -0.359. The second kappa shape index (κ2) is 42.3. The number of nitrogens with one attached hydrogen (secondary N) is 1. The Morgan fingerprint density at radius 3 is 1.49 bits per heavy atom. The topological polar surface area (TPSA) is 228 Å². The summed E-state index contributed by atoms with van der Waals surface area (Å²) in [7, 11) is 0. The Balaban J connectivity index is 1.50. The standard InChI is InChI=1S/C56H101NO13/c1-3-5-7-8-9-10-11-12-13-14-15-16-17-18-19-20-21-22-23-24-25-26-27-28-29-30-31-32-33-34-35-36-38-40-48(61)57-44(45(60)39-37-6-4-2)43-67-55-53(66)51(64)54(47(42-59)69-55)70-56-52(65)50(63)49(62)46(41-58)68-56/h5,7,9-10,12-13,15-16,44-47,49-56,58-60,62-66H,3-4,6,8,11,14,17-43H2,1-2H3,(H,57,61)/b7-5-,10-9-,13-12-,16-15-. The average Bonchev–Trinajstić information content (AvgIpc) is 3.36. The summed E-state index contributed by atoms with van der Waals surface area (Å²) in [5, 5.41) is 86.1. The van der Waals surface area contributed by atoms with Gasteiger partial charge >= 0.3 is 0 Å². The fraction of sp³-hybridized carbons (Fsp3) is 0.839. The largest absolute Gasteiger partial charge is 0.394 e. The Bertz CT molecular complexity index is 1360. The lowest BCUT2D eigenvalue weighted by Gasteiger charge is -2.46. The van der Waals surface area contributed by atoms with Crippen LogP contribution in [0.3, 0.4) is 0 Å². The van der Waals surface area contributed by atoms with Crippen LogP contribution in [0.2, 0.25) is 0 Å². The van der Waals surface area contributed by atoms with Gasteiger partial charge in [0.05, 0.1) is 32.0 Å². The highest BCUT2D eigenvalue weighted by atomic mass is 16.7. The Morgan fingerprint density at radius 1 is 0.529 bits per heavy atom. The van der Waals surface area contributed by atoms with Crippen molar-refractivity contribution in [1.82, 2.24) is 5.32 Å². The minimum atomic E-state index is -1.78. The molecule has 2 saturated heterocycles. The van der Waals surface area contributed by atoms with Crippen LogP contribution >= 0.6 is 0 Å². The number of unbranched alkanes of at least 4 members (excludes halogenated alkanes) is 22. The fourth-order valence-electron chi connectivity index (χ4n) is 9.05. The number of aliphatic hydroxyl groups excluding tert-OH is 8. The Labute approximate surface area is 423 Å². The molecule has 0 spiro atoms. The van der Waals surface area contributed by atoms with Crippen molar-refractivity contribution in [2.75, 3.05) is 19.8 Å². The highest BCUT2D eigenvalue weighted by Crippen LogP contribution is 2.30. The summed E-state index contributed by atoms with van der Waals surface area (Å²) in [6, 6.07) is -0.823. The van der Waals surface area contributed by atoms with Crippen LogP contribution in [0, 0.1) is 0 Å². The van der Waals surface area contributed by atoms with E-state index in [9.17, 15) is 45.6 Å². The SMILES string of the molecule is CC/C=C\C/C=C\C/C=C\C/C=C\CCCCCCCCCCCCCCCCCCCCCCC(=O)NC(COC1OC(CO)C(OC2OC(CO)C(O)C(O)C2O)C(O)C1O)C(O)CCCCC. The predicted octanol–water partition coefficient (Wildman–Crippen LogP) is 8.44. The third-order valence-electron chi connectivity index (χ3n) is 13.6. The number of hydrogen-bond donors (Lipinski definition) is 9. The zero-order valence-corrected chi connectivity index (χ0v) is 43.5. The summed E-state index contributed by atoms with van der Waals surface area (Å²) in [6.45, 7) is 2.56. The zero-order valence-electron chi connectivity index (χ0n) is 43.5. The van der Waals surface area contributed by atoms with Gasteiger partial charge in [0, 0.05) is 6.42 Å². The molecule has 0 saturated carbocycles. The fourth-order valence-corrected chi connectivity index (χ4v) is 9.05. The van der Waals surface area contributed by atoms with Crippen molar-refractivity contribution in [1.29, 1.82) is 0 Å². The van der Waals surface area contributed by atoms with Gasteiger partial charge in [0.2, 0.25) is 5.91 Å². The second-order valence-electron chi connectivity index (χ2n) is 19.7. The maximum atomic E-state index is 13.0. The van der Waals surface area contributed by atoms with E-state index in [1.54, 1.807) is 0 Å². The minimum Gasteiger partial charge on any atom is -0.394 e. The zero-order chi connectivity index (χ0) is 51.0. The normalized spacial score (nSPS) is 26.3. The molecule has 9 N–H and O–H groups in total. The van der Waals surface area contributed by atoms with E-state index >= 15 is 0 Å². The Hall–Kier alpha value is -2.05. The van der Waals surface area contributed by atoms with Crippen LogP contribution in [0.25, 0.3) is 0 Å². The van der Waals surface area contributed by atoms with E-state index in [2.05, 4.69) is 67.8 Å². The van der Waals surface area contributed by atoms with Crippen molar-refractivity contribution in [2.45, 2.75) is 280 Å². The number of carbonyl (C=O) groups excluding carboxylic acids is 1. The van der Waals surface area contributed by atoms with Crippen LogP contribution in [0.15, 0.2) is 48.6 Å². The quantitative estimate of drug-likeness (QED) is 0.0207. The molecule has 2 aliphatic rings. The molecule has 0 radical (unpaired) electrons. The van der Waals surface area contributed by atoms with Crippen LogP contribution in [-0.2, 0) is 23.7 Å². The molecule has 2 aliphatic heterocycles. The monoisotopic (exact) mass is 996 g/mol. The van der Waals surface area contributed by atoms with Gasteiger partial charge in [-0.1, -0.05) is 197 Å². The Morgan fingerprint density at radius 2 is 0.986 bits per heavy atom. The van der Waals surface area contributed by atoms with Gasteiger partial charge in [-0.15, -0.1) is 0 Å². The molecular weight excluding hydrogens is 895 g/mol. The third-order valence-corrected chi connectivity index (χ3v) is 13.6. The van der Waals surface area contributed by atoms with Crippen LogP contribution in [-0.4, -0.2) is 140 Å². The first-order chi connectivity index (χ1) is 34.1. The smallest absolute Gasteiger partial charge is 0.220 e. The van der Waals surface area contributed by atoms with Gasteiger partial charge in [-0.3, -0.25) is 4.79 Å². The maximum Gasteiger partial charge on any atom is 0.220 e. The molecule has 0 aromatic carbocycles. The lowest BCUT2D eigenvalue weighted by atomic mass is 9.97. The number of amides is 1. The van der Waals surface area contributed by atoms with Gasteiger partial charge in [-0.2, -0.15) is 0 Å². The molecule has 0 bridgehead atoms. The van der Waals surface area contributed by atoms with Crippen molar-refractivity contribution in [2.24, 2.45) is 0 Å². The van der Waals surface area contributed by atoms with Crippen molar-refractivity contribution in [3.8, 4) is 0 Å². The number of carbonyl (C=O) groups is 1. The summed E-state index contributed by atoms with van der Waals surface area (Å²) in [5.41, 5.74) is 0. The summed E-state index contributed by atoms with van der Waals surface area (Å²) in [6.07, 6.45) is 35.4. The van der Waals surface area contributed by atoms with Gasteiger partial charge in [0.15, 0.2) is 12.6 Å². The van der Waals surface area contributed by atoms with E-state index < -0.39 is 86.8 Å². The molecule has 0 aromatic heterocycles. The molecule has 408 valence electrons. The van der Waals surface area contributed by atoms with E-state index in [0.29, 0.717) is 12.8 Å². The minimum absolute atomic E-state index is 0.218. The highest BCUT2D eigenvalue weighted by Gasteiger charge is 2.51. The summed E-state index contributed by atoms with van der Waals surface area (Å²) in [5.74, 6) is -0.218. The van der Waals surface area contributed by atoms with E-state index in [1.807, 2.05) is 0 Å². The van der Waals surface area contributed by atoms with Gasteiger partial charge in [0.1, 0.15) is 48.8 Å². The molecule has 14 heteroatoms. The van der Waals surface area contributed by atoms with Crippen LogP contribution in [0.4, 0.5) is 0 Å². The summed E-state index contributed by atoms with van der Waals surface area (Å²) < 4.78 is 22.5. The van der Waals surface area contributed by atoms with Crippen molar-refractivity contribution < 1.29 is 64.6 Å². The van der Waals surface area contributed by atoms with E-state index in [4.69, 9.17) is 18.9 Å². The molecule has 2 rings (SSSR count). The number of aliphatic hydroxyl groups is 8.